The highest BCUT2D eigenvalue weighted by Crippen LogP contribution is 2.23. The van der Waals surface area contributed by atoms with E-state index in [4.69, 9.17) is 4.74 Å². The molecule has 0 radical (unpaired) electrons. The average molecular weight is 419 g/mol. The van der Waals surface area contributed by atoms with Gasteiger partial charge >= 0.3 is 0 Å². The van der Waals surface area contributed by atoms with Gasteiger partial charge in [-0.25, -0.2) is 0 Å². The molecule has 0 aliphatic rings. The third kappa shape index (κ3) is 4.91. The molecule has 146 valence electrons. The maximum absolute atomic E-state index is 12.5. The molecule has 28 heavy (non-hydrogen) atoms. The summed E-state index contributed by atoms with van der Waals surface area (Å²) in [5.74, 6) is -0.385. The van der Waals surface area contributed by atoms with Crippen molar-refractivity contribution < 1.29 is 17.9 Å². The largest absolute Gasteiger partial charge is 0.380 e. The zero-order chi connectivity index (χ0) is 20.1. The number of aryl methyl sites for hydroxylation is 1. The van der Waals surface area contributed by atoms with E-state index in [9.17, 15) is 13.2 Å². The smallest absolute Gasteiger partial charge is 0.291 e. The zero-order valence-electron chi connectivity index (χ0n) is 15.2. The summed E-state index contributed by atoms with van der Waals surface area (Å²) in [6.45, 7) is 2.24. The molecule has 0 saturated carbocycles. The lowest BCUT2D eigenvalue weighted by atomic mass is 10.1. The molecule has 0 aliphatic heterocycles. The summed E-state index contributed by atoms with van der Waals surface area (Å²) in [7, 11) is -2.37. The quantitative estimate of drug-likeness (QED) is 0.571. The minimum atomic E-state index is -3.93. The molecule has 0 saturated heterocycles. The SMILES string of the molecule is COCc1cccc(NS(=O)(=O)c2nnc(NC(=O)c3cccc(C)c3)s2)c1. The number of methoxy groups -OCH3 is 1. The van der Waals surface area contributed by atoms with Crippen LogP contribution in [0.15, 0.2) is 52.9 Å². The average Bonchev–Trinajstić information content (AvgIpc) is 3.11. The van der Waals surface area contributed by atoms with Crippen LogP contribution in [0.4, 0.5) is 10.8 Å². The van der Waals surface area contributed by atoms with Crippen molar-refractivity contribution in [2.45, 2.75) is 17.9 Å². The van der Waals surface area contributed by atoms with E-state index < -0.39 is 10.0 Å². The molecule has 0 bridgehead atoms. The van der Waals surface area contributed by atoms with Gasteiger partial charge in [0, 0.05) is 18.4 Å². The number of carbonyl (C=O) groups is 1. The second kappa shape index (κ2) is 8.46. The van der Waals surface area contributed by atoms with Gasteiger partial charge in [-0.2, -0.15) is 8.42 Å². The first-order valence-electron chi connectivity index (χ1n) is 8.19. The molecular formula is C18H18N4O4S2. The lowest BCUT2D eigenvalue weighted by Crippen LogP contribution is -2.13. The van der Waals surface area contributed by atoms with Crippen molar-refractivity contribution in [2.75, 3.05) is 17.1 Å². The number of aromatic nitrogens is 2. The monoisotopic (exact) mass is 418 g/mol. The molecule has 0 fully saturated rings. The van der Waals surface area contributed by atoms with Crippen LogP contribution >= 0.6 is 11.3 Å². The van der Waals surface area contributed by atoms with E-state index in [0.29, 0.717) is 17.9 Å². The number of anilines is 2. The Morgan fingerprint density at radius 1 is 1.14 bits per heavy atom. The predicted octanol–water partition coefficient (Wildman–Crippen LogP) is 3.05. The van der Waals surface area contributed by atoms with Gasteiger partial charge in [0.15, 0.2) is 0 Å². The maximum Gasteiger partial charge on any atom is 0.291 e. The van der Waals surface area contributed by atoms with Crippen molar-refractivity contribution in [1.82, 2.24) is 10.2 Å². The number of benzene rings is 2. The maximum atomic E-state index is 12.5. The van der Waals surface area contributed by atoms with Gasteiger partial charge in [-0.15, -0.1) is 10.2 Å². The first-order chi connectivity index (χ1) is 13.4. The van der Waals surface area contributed by atoms with Crippen molar-refractivity contribution >= 4 is 38.1 Å². The number of hydrogen-bond donors (Lipinski definition) is 2. The van der Waals surface area contributed by atoms with Crippen molar-refractivity contribution in [1.29, 1.82) is 0 Å². The Bertz CT molecular complexity index is 1100. The Morgan fingerprint density at radius 2 is 1.93 bits per heavy atom. The van der Waals surface area contributed by atoms with E-state index in [2.05, 4.69) is 20.2 Å². The Labute approximate surface area is 166 Å². The van der Waals surface area contributed by atoms with E-state index >= 15 is 0 Å². The molecular weight excluding hydrogens is 400 g/mol. The second-order valence-electron chi connectivity index (χ2n) is 5.94. The Hall–Kier alpha value is -2.82. The number of hydrogen-bond acceptors (Lipinski definition) is 7. The van der Waals surface area contributed by atoms with Gasteiger partial charge in [0.1, 0.15) is 0 Å². The first kappa shape index (κ1) is 19.9. The van der Waals surface area contributed by atoms with Crippen LogP contribution in [0.2, 0.25) is 0 Å². The second-order valence-corrected chi connectivity index (χ2v) is 8.77. The van der Waals surface area contributed by atoms with Gasteiger partial charge in [0.2, 0.25) is 5.13 Å². The minimum Gasteiger partial charge on any atom is -0.380 e. The first-order valence-corrected chi connectivity index (χ1v) is 10.5. The van der Waals surface area contributed by atoms with Crippen LogP contribution in [0.1, 0.15) is 21.5 Å². The molecule has 0 atom stereocenters. The summed E-state index contributed by atoms with van der Waals surface area (Å²) in [5.41, 5.74) is 2.60. The summed E-state index contributed by atoms with van der Waals surface area (Å²) >= 11 is 0.771. The number of sulfonamides is 1. The molecule has 1 amide bonds. The molecule has 2 aromatic carbocycles. The number of amides is 1. The summed E-state index contributed by atoms with van der Waals surface area (Å²) in [4.78, 5) is 12.3. The Balaban J connectivity index is 1.73. The van der Waals surface area contributed by atoms with E-state index in [0.717, 1.165) is 22.5 Å². The highest BCUT2D eigenvalue weighted by molar-refractivity contribution is 7.94. The zero-order valence-corrected chi connectivity index (χ0v) is 16.8. The third-order valence-electron chi connectivity index (χ3n) is 3.63. The van der Waals surface area contributed by atoms with Crippen molar-refractivity contribution in [3.8, 4) is 0 Å². The fourth-order valence-electron chi connectivity index (χ4n) is 2.41. The van der Waals surface area contributed by atoms with Crippen LogP contribution in [0.25, 0.3) is 0 Å². The molecule has 3 rings (SSSR count). The molecule has 0 spiro atoms. The summed E-state index contributed by atoms with van der Waals surface area (Å²) in [6.07, 6.45) is 0. The van der Waals surface area contributed by atoms with Gasteiger partial charge in [-0.05, 0) is 36.8 Å². The van der Waals surface area contributed by atoms with Crippen LogP contribution in [-0.2, 0) is 21.4 Å². The third-order valence-corrected chi connectivity index (χ3v) is 6.21. The van der Waals surface area contributed by atoms with Crippen molar-refractivity contribution in [3.05, 3.63) is 65.2 Å². The van der Waals surface area contributed by atoms with E-state index in [1.807, 2.05) is 19.1 Å². The predicted molar refractivity (Wildman–Crippen MR) is 107 cm³/mol. The number of carbonyl (C=O) groups excluding carboxylic acids is 1. The van der Waals surface area contributed by atoms with Crippen molar-refractivity contribution in [2.24, 2.45) is 0 Å². The summed E-state index contributed by atoms with van der Waals surface area (Å²) in [5, 5.41) is 10.1. The lowest BCUT2D eigenvalue weighted by Gasteiger charge is -2.07. The van der Waals surface area contributed by atoms with Gasteiger partial charge in [-0.3, -0.25) is 14.8 Å². The van der Waals surface area contributed by atoms with Gasteiger partial charge < -0.3 is 4.74 Å². The van der Waals surface area contributed by atoms with E-state index in [1.165, 1.54) is 0 Å². The van der Waals surface area contributed by atoms with Crippen LogP contribution in [-0.4, -0.2) is 31.6 Å². The normalized spacial score (nSPS) is 11.2. The van der Waals surface area contributed by atoms with Gasteiger partial charge in [0.05, 0.1) is 6.61 Å². The lowest BCUT2D eigenvalue weighted by molar-refractivity contribution is 0.102. The minimum absolute atomic E-state index is 0.0972. The molecule has 1 heterocycles. The molecule has 0 aliphatic carbocycles. The topological polar surface area (TPSA) is 110 Å². The van der Waals surface area contributed by atoms with E-state index in [1.54, 1.807) is 43.5 Å². The number of ether oxygens (including phenoxy) is 1. The molecule has 3 aromatic rings. The fourth-order valence-corrected chi connectivity index (χ4v) is 4.36. The highest BCUT2D eigenvalue weighted by Gasteiger charge is 2.21. The summed E-state index contributed by atoms with van der Waals surface area (Å²) in [6, 6.07) is 13.9. The van der Waals surface area contributed by atoms with Gasteiger partial charge in [0.25, 0.3) is 20.3 Å². The highest BCUT2D eigenvalue weighted by atomic mass is 32.2. The Kier molecular flexibility index (Phi) is 6.02. The van der Waals surface area contributed by atoms with E-state index in [-0.39, 0.29) is 15.4 Å². The molecule has 8 nitrogen and oxygen atoms in total. The molecule has 2 N–H and O–H groups in total. The number of rotatable bonds is 7. The van der Waals surface area contributed by atoms with Crippen LogP contribution < -0.4 is 10.0 Å². The van der Waals surface area contributed by atoms with Crippen molar-refractivity contribution in [3.63, 3.8) is 0 Å². The van der Waals surface area contributed by atoms with Crippen LogP contribution in [0.3, 0.4) is 0 Å². The number of nitrogens with one attached hydrogen (secondary N) is 2. The van der Waals surface area contributed by atoms with Crippen LogP contribution in [0.5, 0.6) is 0 Å². The number of nitrogens with zero attached hydrogens (tertiary/aromatic N) is 2. The van der Waals surface area contributed by atoms with Gasteiger partial charge in [-0.1, -0.05) is 41.2 Å². The Morgan fingerprint density at radius 3 is 2.68 bits per heavy atom. The molecule has 10 heteroatoms. The standard InChI is InChI=1S/C18H18N4O4S2/c1-12-5-3-7-14(9-12)16(23)19-17-20-21-18(27-17)28(24,25)22-15-8-4-6-13(10-15)11-26-2/h3-10,22H,11H2,1-2H3,(H,19,20,23). The van der Waals surface area contributed by atoms with Crippen LogP contribution in [0, 0.1) is 6.92 Å². The summed E-state index contributed by atoms with van der Waals surface area (Å²) < 4.78 is 32.3. The molecule has 0 unspecified atom stereocenters. The fraction of sp³-hybridized carbons (Fsp3) is 0.167. The molecule has 1 aromatic heterocycles.